The molecule has 1 N–H and O–H groups in total. The van der Waals surface area contributed by atoms with Crippen LogP contribution in [-0.4, -0.2) is 51.4 Å². The number of nitro groups is 1. The molecule has 8 nitrogen and oxygen atoms in total. The minimum absolute atomic E-state index is 0. The molecule has 0 aliphatic carbocycles. The zero-order chi connectivity index (χ0) is 17.0. The van der Waals surface area contributed by atoms with Crippen molar-refractivity contribution in [2.24, 2.45) is 5.92 Å². The number of methoxy groups -OCH3 is 1. The lowest BCUT2D eigenvalue weighted by molar-refractivity contribution is -0.385. The average Bonchev–Trinajstić information content (AvgIpc) is 2.55. The van der Waals surface area contributed by atoms with Crippen LogP contribution in [0.4, 0.5) is 5.69 Å². The number of hydrogen-bond donors (Lipinski definition) is 1. The summed E-state index contributed by atoms with van der Waals surface area (Å²) in [5, 5.41) is 14.0. The predicted molar refractivity (Wildman–Crippen MR) is 92.3 cm³/mol. The molecule has 0 unspecified atom stereocenters. The maximum Gasteiger partial charge on any atom is 0.310 e. The fourth-order valence-electron chi connectivity index (χ4n) is 2.76. The van der Waals surface area contributed by atoms with Crippen LogP contribution in [0, 0.1) is 16.0 Å². The smallest absolute Gasteiger partial charge is 0.310 e. The third-order valence-electron chi connectivity index (χ3n) is 4.05. The van der Waals surface area contributed by atoms with Crippen molar-refractivity contribution in [3.8, 4) is 5.75 Å². The number of nitro benzene ring substituents is 1. The summed E-state index contributed by atoms with van der Waals surface area (Å²) in [6, 6.07) is 3.64. The van der Waals surface area contributed by atoms with Gasteiger partial charge in [0.1, 0.15) is 0 Å². The second-order valence-corrected chi connectivity index (χ2v) is 7.43. The van der Waals surface area contributed by atoms with Crippen LogP contribution in [0.15, 0.2) is 23.1 Å². The highest BCUT2D eigenvalue weighted by Gasteiger charge is 2.30. The van der Waals surface area contributed by atoms with Gasteiger partial charge in [0, 0.05) is 25.2 Å². The Bertz CT molecular complexity index is 675. The summed E-state index contributed by atoms with van der Waals surface area (Å²) >= 11 is 0. The number of benzene rings is 1. The topological polar surface area (TPSA) is 102 Å². The van der Waals surface area contributed by atoms with Crippen molar-refractivity contribution < 1.29 is 18.1 Å². The molecular weight excluding hydrogens is 358 g/mol. The normalized spacial score (nSPS) is 16.4. The third-order valence-corrected chi connectivity index (χ3v) is 5.95. The van der Waals surface area contributed by atoms with E-state index in [-0.39, 0.29) is 28.7 Å². The fraction of sp³-hybridized carbons (Fsp3) is 0.571. The standard InChI is InChI=1S/C14H21N3O5S.ClH/c1-15-10-11-5-7-16(8-6-11)23(20,21)12-3-4-13(17(18)19)14(9-12)22-2;/h3-4,9,11,15H,5-8,10H2,1-2H3;1H. The number of ether oxygens (including phenoxy) is 1. The number of hydrogen-bond acceptors (Lipinski definition) is 6. The minimum atomic E-state index is -3.67. The molecular formula is C14H22ClN3O5S. The Morgan fingerprint density at radius 2 is 2.00 bits per heavy atom. The van der Waals surface area contributed by atoms with Gasteiger partial charge in [-0.1, -0.05) is 0 Å². The molecule has 0 aromatic heterocycles. The summed E-state index contributed by atoms with van der Waals surface area (Å²) < 4.78 is 31.7. The Labute approximate surface area is 147 Å². The van der Waals surface area contributed by atoms with E-state index in [2.05, 4.69) is 5.32 Å². The van der Waals surface area contributed by atoms with Crippen molar-refractivity contribution in [2.45, 2.75) is 17.7 Å². The maximum absolute atomic E-state index is 12.7. The second kappa shape index (κ2) is 8.61. The van der Waals surface area contributed by atoms with Gasteiger partial charge in [-0.05, 0) is 38.4 Å². The number of nitrogens with one attached hydrogen (secondary N) is 1. The first kappa shape index (κ1) is 20.6. The SMILES string of the molecule is CNCC1CCN(S(=O)(=O)c2ccc([N+](=O)[O-])c(OC)c2)CC1.Cl. The van der Waals surface area contributed by atoms with Gasteiger partial charge in [0.25, 0.3) is 0 Å². The van der Waals surface area contributed by atoms with E-state index in [1.54, 1.807) is 0 Å². The fourth-order valence-corrected chi connectivity index (χ4v) is 4.25. The second-order valence-electron chi connectivity index (χ2n) is 5.50. The van der Waals surface area contributed by atoms with Crippen LogP contribution in [0.3, 0.4) is 0 Å². The van der Waals surface area contributed by atoms with Gasteiger partial charge < -0.3 is 10.1 Å². The van der Waals surface area contributed by atoms with Gasteiger partial charge in [-0.3, -0.25) is 10.1 Å². The zero-order valence-corrected chi connectivity index (χ0v) is 15.2. The highest BCUT2D eigenvalue weighted by Crippen LogP contribution is 2.31. The quantitative estimate of drug-likeness (QED) is 0.595. The third kappa shape index (κ3) is 4.35. The molecule has 1 saturated heterocycles. The number of nitrogens with zero attached hydrogens (tertiary/aromatic N) is 2. The van der Waals surface area contributed by atoms with Crippen LogP contribution < -0.4 is 10.1 Å². The molecule has 0 atom stereocenters. The molecule has 1 aromatic carbocycles. The number of rotatable bonds is 6. The Hall–Kier alpha value is -1.42. The summed E-state index contributed by atoms with van der Waals surface area (Å²) in [4.78, 5) is 10.3. The average molecular weight is 380 g/mol. The van der Waals surface area contributed by atoms with Gasteiger partial charge in [-0.2, -0.15) is 4.31 Å². The Kier molecular flexibility index (Phi) is 7.40. The predicted octanol–water partition coefficient (Wildman–Crippen LogP) is 1.65. The molecule has 0 saturated carbocycles. The van der Waals surface area contributed by atoms with Crippen LogP contribution in [0.2, 0.25) is 0 Å². The van der Waals surface area contributed by atoms with E-state index in [4.69, 9.17) is 4.74 Å². The Balaban J connectivity index is 0.00000288. The largest absolute Gasteiger partial charge is 0.490 e. The van der Waals surface area contributed by atoms with E-state index in [1.165, 1.54) is 29.6 Å². The number of halogens is 1. The van der Waals surface area contributed by atoms with Gasteiger partial charge in [0.2, 0.25) is 10.0 Å². The van der Waals surface area contributed by atoms with E-state index >= 15 is 0 Å². The van der Waals surface area contributed by atoms with E-state index in [0.717, 1.165) is 19.4 Å². The van der Waals surface area contributed by atoms with Crippen molar-refractivity contribution >= 4 is 28.1 Å². The van der Waals surface area contributed by atoms with E-state index in [0.29, 0.717) is 19.0 Å². The summed E-state index contributed by atoms with van der Waals surface area (Å²) in [6.45, 7) is 1.78. The van der Waals surface area contributed by atoms with Crippen molar-refractivity contribution in [1.82, 2.24) is 9.62 Å². The van der Waals surface area contributed by atoms with Crippen LogP contribution >= 0.6 is 12.4 Å². The molecule has 1 aliphatic heterocycles. The number of sulfonamides is 1. The van der Waals surface area contributed by atoms with E-state index < -0.39 is 14.9 Å². The van der Waals surface area contributed by atoms with Crippen molar-refractivity contribution in [3.05, 3.63) is 28.3 Å². The summed E-state index contributed by atoms with van der Waals surface area (Å²) in [5.41, 5.74) is -0.251. The van der Waals surface area contributed by atoms with Crippen LogP contribution in [-0.2, 0) is 10.0 Å². The Morgan fingerprint density at radius 3 is 2.50 bits per heavy atom. The van der Waals surface area contributed by atoms with E-state index in [1.807, 2.05) is 7.05 Å². The summed E-state index contributed by atoms with van der Waals surface area (Å²) in [7, 11) is -0.504. The Morgan fingerprint density at radius 1 is 1.38 bits per heavy atom. The molecule has 1 heterocycles. The number of piperidine rings is 1. The first-order chi connectivity index (χ1) is 10.9. The lowest BCUT2D eigenvalue weighted by Gasteiger charge is -2.31. The van der Waals surface area contributed by atoms with Gasteiger partial charge in [0.05, 0.1) is 16.9 Å². The molecule has 1 aromatic rings. The molecule has 2 rings (SSSR count). The molecule has 0 spiro atoms. The van der Waals surface area contributed by atoms with Gasteiger partial charge in [0.15, 0.2) is 5.75 Å². The van der Waals surface area contributed by atoms with Crippen molar-refractivity contribution in [2.75, 3.05) is 33.8 Å². The lowest BCUT2D eigenvalue weighted by Crippen LogP contribution is -2.40. The highest BCUT2D eigenvalue weighted by atomic mass is 35.5. The lowest BCUT2D eigenvalue weighted by atomic mass is 9.98. The zero-order valence-electron chi connectivity index (χ0n) is 13.6. The molecule has 1 fully saturated rings. The van der Waals surface area contributed by atoms with Gasteiger partial charge in [-0.15, -0.1) is 12.4 Å². The summed E-state index contributed by atoms with van der Waals surface area (Å²) in [5.74, 6) is 0.416. The van der Waals surface area contributed by atoms with Crippen LogP contribution in [0.5, 0.6) is 5.75 Å². The highest BCUT2D eigenvalue weighted by molar-refractivity contribution is 7.89. The molecule has 0 amide bonds. The van der Waals surface area contributed by atoms with Crippen LogP contribution in [0.25, 0.3) is 0 Å². The monoisotopic (exact) mass is 379 g/mol. The van der Waals surface area contributed by atoms with Crippen LogP contribution in [0.1, 0.15) is 12.8 Å². The first-order valence-electron chi connectivity index (χ1n) is 7.37. The van der Waals surface area contributed by atoms with Crippen molar-refractivity contribution in [1.29, 1.82) is 0 Å². The van der Waals surface area contributed by atoms with E-state index in [9.17, 15) is 18.5 Å². The maximum atomic E-state index is 12.7. The molecule has 1 aliphatic rings. The molecule has 0 radical (unpaired) electrons. The van der Waals surface area contributed by atoms with Crippen molar-refractivity contribution in [3.63, 3.8) is 0 Å². The minimum Gasteiger partial charge on any atom is -0.490 e. The molecule has 0 bridgehead atoms. The first-order valence-corrected chi connectivity index (χ1v) is 8.81. The molecule has 10 heteroatoms. The summed E-state index contributed by atoms with van der Waals surface area (Å²) in [6.07, 6.45) is 1.59. The molecule has 136 valence electrons. The molecule has 24 heavy (non-hydrogen) atoms. The van der Waals surface area contributed by atoms with Gasteiger partial charge >= 0.3 is 5.69 Å². The van der Waals surface area contributed by atoms with Gasteiger partial charge in [-0.25, -0.2) is 8.42 Å².